The van der Waals surface area contributed by atoms with Crippen LogP contribution >= 0.6 is 0 Å². The zero-order chi connectivity index (χ0) is 26.6. The number of aliphatic carboxylic acids is 1. The Balaban J connectivity index is 1.84. The van der Waals surface area contributed by atoms with E-state index < -0.39 is 5.97 Å². The van der Waals surface area contributed by atoms with Crippen molar-refractivity contribution in [2.45, 2.75) is 149 Å². The molecule has 0 radical (unpaired) electrons. The van der Waals surface area contributed by atoms with E-state index in [1.54, 1.807) is 0 Å². The lowest BCUT2D eigenvalue weighted by atomic mass is 9.64. The first-order valence-corrected chi connectivity index (χ1v) is 14.9. The van der Waals surface area contributed by atoms with E-state index in [1.165, 1.54) is 63.4 Å². The SMILES string of the molecule is CCC1(C)CC(CCCCCCCCCCCC(=O)O)C(C)C(C)(CC)N1OC(C)c1ccccc1. The summed E-state index contributed by atoms with van der Waals surface area (Å²) in [4.78, 5) is 17.4. The third kappa shape index (κ3) is 8.58. The van der Waals surface area contributed by atoms with Crippen molar-refractivity contribution in [3.63, 3.8) is 0 Å². The van der Waals surface area contributed by atoms with Crippen LogP contribution in [0.3, 0.4) is 0 Å². The number of carboxylic acid groups (broad SMARTS) is 1. The lowest BCUT2D eigenvalue weighted by molar-refractivity contribution is -0.332. The first-order chi connectivity index (χ1) is 17.2. The molecule has 0 spiro atoms. The fourth-order valence-corrected chi connectivity index (χ4v) is 6.35. The zero-order valence-corrected chi connectivity index (χ0v) is 24.2. The molecule has 4 heteroatoms. The molecule has 5 unspecified atom stereocenters. The second-order valence-electron chi connectivity index (χ2n) is 11.9. The Kier molecular flexibility index (Phi) is 13.0. The van der Waals surface area contributed by atoms with Crippen LogP contribution in [-0.2, 0) is 9.63 Å². The van der Waals surface area contributed by atoms with E-state index in [2.05, 4.69) is 76.9 Å². The molecule has 1 aliphatic rings. The average Bonchev–Trinajstić information content (AvgIpc) is 2.88. The molecule has 0 saturated carbocycles. The van der Waals surface area contributed by atoms with Crippen LogP contribution in [0.4, 0.5) is 0 Å². The van der Waals surface area contributed by atoms with Gasteiger partial charge < -0.3 is 5.11 Å². The van der Waals surface area contributed by atoms with Gasteiger partial charge in [-0.1, -0.05) is 109 Å². The predicted molar refractivity (Wildman–Crippen MR) is 151 cm³/mol. The Hall–Kier alpha value is -1.39. The number of hydrogen-bond donors (Lipinski definition) is 1. The predicted octanol–water partition coefficient (Wildman–Crippen LogP) is 9.35. The number of hydrogen-bond acceptors (Lipinski definition) is 3. The first-order valence-electron chi connectivity index (χ1n) is 14.9. The summed E-state index contributed by atoms with van der Waals surface area (Å²) in [6.45, 7) is 14.2. The third-order valence-electron chi connectivity index (χ3n) is 9.32. The molecule has 0 aromatic heterocycles. The van der Waals surface area contributed by atoms with Crippen LogP contribution in [0.1, 0.15) is 143 Å². The van der Waals surface area contributed by atoms with Gasteiger partial charge in [0, 0.05) is 17.5 Å². The highest BCUT2D eigenvalue weighted by atomic mass is 16.7. The number of hydroxylamine groups is 2. The summed E-state index contributed by atoms with van der Waals surface area (Å²) in [5.74, 6) is 0.666. The largest absolute Gasteiger partial charge is 0.481 e. The van der Waals surface area contributed by atoms with Crippen molar-refractivity contribution < 1.29 is 14.7 Å². The molecule has 206 valence electrons. The van der Waals surface area contributed by atoms with Crippen LogP contribution in [-0.4, -0.2) is 27.2 Å². The molecule has 0 amide bonds. The fourth-order valence-electron chi connectivity index (χ4n) is 6.35. The molecular weight excluding hydrogens is 446 g/mol. The van der Waals surface area contributed by atoms with Gasteiger partial charge in [0.15, 0.2) is 0 Å². The molecule has 1 saturated heterocycles. The van der Waals surface area contributed by atoms with Crippen LogP contribution in [0.25, 0.3) is 0 Å². The van der Waals surface area contributed by atoms with Crippen molar-refractivity contribution in [3.05, 3.63) is 35.9 Å². The molecule has 0 aliphatic carbocycles. The van der Waals surface area contributed by atoms with Gasteiger partial charge in [-0.2, -0.15) is 5.06 Å². The maximum Gasteiger partial charge on any atom is 0.303 e. The van der Waals surface area contributed by atoms with Crippen molar-refractivity contribution in [2.24, 2.45) is 11.8 Å². The van der Waals surface area contributed by atoms with Gasteiger partial charge in [-0.05, 0) is 63.9 Å². The summed E-state index contributed by atoms with van der Waals surface area (Å²) in [7, 11) is 0. The highest BCUT2D eigenvalue weighted by Gasteiger charge is 2.53. The number of carboxylic acids is 1. The van der Waals surface area contributed by atoms with E-state index in [4.69, 9.17) is 9.94 Å². The van der Waals surface area contributed by atoms with Crippen LogP contribution in [0, 0.1) is 11.8 Å². The van der Waals surface area contributed by atoms with Gasteiger partial charge in [0.2, 0.25) is 0 Å². The van der Waals surface area contributed by atoms with Crippen molar-refractivity contribution in [3.8, 4) is 0 Å². The van der Waals surface area contributed by atoms with Gasteiger partial charge >= 0.3 is 5.97 Å². The minimum atomic E-state index is -0.664. The second kappa shape index (κ2) is 15.1. The maximum atomic E-state index is 10.6. The van der Waals surface area contributed by atoms with Gasteiger partial charge in [0.25, 0.3) is 0 Å². The van der Waals surface area contributed by atoms with E-state index in [-0.39, 0.29) is 17.2 Å². The minimum Gasteiger partial charge on any atom is -0.481 e. The Morgan fingerprint density at radius 3 is 2.06 bits per heavy atom. The highest BCUT2D eigenvalue weighted by molar-refractivity contribution is 5.66. The van der Waals surface area contributed by atoms with Crippen molar-refractivity contribution >= 4 is 5.97 Å². The highest BCUT2D eigenvalue weighted by Crippen LogP contribution is 2.50. The summed E-state index contributed by atoms with van der Waals surface area (Å²) in [6, 6.07) is 10.6. The van der Waals surface area contributed by atoms with Gasteiger partial charge in [-0.3, -0.25) is 9.63 Å². The number of piperidine rings is 1. The van der Waals surface area contributed by atoms with E-state index >= 15 is 0 Å². The zero-order valence-electron chi connectivity index (χ0n) is 24.2. The van der Waals surface area contributed by atoms with E-state index in [0.29, 0.717) is 12.3 Å². The second-order valence-corrected chi connectivity index (χ2v) is 11.9. The normalized spacial score (nSPS) is 27.7. The molecule has 4 nitrogen and oxygen atoms in total. The molecule has 2 rings (SSSR count). The fraction of sp³-hybridized carbons (Fsp3) is 0.781. The van der Waals surface area contributed by atoms with Crippen LogP contribution in [0.2, 0.25) is 0 Å². The lowest BCUT2D eigenvalue weighted by Gasteiger charge is -2.60. The minimum absolute atomic E-state index is 0.0252. The molecule has 36 heavy (non-hydrogen) atoms. The van der Waals surface area contributed by atoms with Gasteiger partial charge in [0.05, 0.1) is 0 Å². The summed E-state index contributed by atoms with van der Waals surface area (Å²) < 4.78 is 0. The average molecular weight is 502 g/mol. The molecule has 1 heterocycles. The smallest absolute Gasteiger partial charge is 0.303 e. The maximum absolute atomic E-state index is 10.6. The third-order valence-corrected chi connectivity index (χ3v) is 9.32. The van der Waals surface area contributed by atoms with Crippen molar-refractivity contribution in [2.75, 3.05) is 0 Å². The summed E-state index contributed by atoms with van der Waals surface area (Å²) in [6.07, 6.45) is 16.0. The summed E-state index contributed by atoms with van der Waals surface area (Å²) >= 11 is 0. The number of rotatable bonds is 17. The Morgan fingerprint density at radius 2 is 1.53 bits per heavy atom. The van der Waals surface area contributed by atoms with Gasteiger partial charge in [-0.15, -0.1) is 0 Å². The van der Waals surface area contributed by atoms with E-state index in [0.717, 1.165) is 31.6 Å². The topological polar surface area (TPSA) is 49.8 Å². The molecule has 1 aromatic rings. The monoisotopic (exact) mass is 501 g/mol. The van der Waals surface area contributed by atoms with Crippen molar-refractivity contribution in [1.82, 2.24) is 5.06 Å². The standard InChI is InChI=1S/C32H55NO3/c1-7-31(5)25-29(23-17-14-12-10-9-11-13-15-20-24-30(34)35)26(3)32(6,8-2)33(31)36-27(4)28-21-18-16-19-22-28/h16,18-19,21-22,26-27,29H,7-15,17,20,23-25H2,1-6H3,(H,34,35). The number of nitrogens with zero attached hydrogens (tertiary/aromatic N) is 1. The van der Waals surface area contributed by atoms with Crippen molar-refractivity contribution in [1.29, 1.82) is 0 Å². The van der Waals surface area contributed by atoms with E-state index in [9.17, 15) is 4.79 Å². The molecule has 1 fully saturated rings. The Bertz CT molecular complexity index is 753. The summed E-state index contributed by atoms with van der Waals surface area (Å²) in [5, 5.41) is 11.1. The van der Waals surface area contributed by atoms with Crippen LogP contribution in [0.15, 0.2) is 30.3 Å². The molecule has 1 aromatic carbocycles. The number of benzene rings is 1. The molecule has 0 bridgehead atoms. The number of unbranched alkanes of at least 4 members (excludes halogenated alkanes) is 8. The Labute approximate surface area is 222 Å². The molecule has 1 N–H and O–H groups in total. The summed E-state index contributed by atoms with van der Waals surface area (Å²) in [5.41, 5.74) is 1.31. The quantitative estimate of drug-likeness (QED) is 0.216. The van der Waals surface area contributed by atoms with Crippen LogP contribution < -0.4 is 0 Å². The first kappa shape index (κ1) is 30.8. The van der Waals surface area contributed by atoms with Crippen LogP contribution in [0.5, 0.6) is 0 Å². The lowest BCUT2D eigenvalue weighted by Crippen LogP contribution is -2.66. The van der Waals surface area contributed by atoms with Gasteiger partial charge in [-0.25, -0.2) is 0 Å². The molecule has 1 aliphatic heterocycles. The molecule has 5 atom stereocenters. The molecular formula is C32H55NO3. The van der Waals surface area contributed by atoms with Gasteiger partial charge in [0.1, 0.15) is 6.10 Å². The number of carbonyl (C=O) groups is 1. The van der Waals surface area contributed by atoms with E-state index in [1.807, 2.05) is 0 Å². The Morgan fingerprint density at radius 1 is 0.972 bits per heavy atom.